The molecule has 0 aliphatic heterocycles. The van der Waals surface area contributed by atoms with E-state index in [4.69, 9.17) is 5.73 Å². The average Bonchev–Trinajstić information content (AvgIpc) is 2.14. The summed E-state index contributed by atoms with van der Waals surface area (Å²) in [6.07, 6.45) is -0.679. The monoisotopic (exact) mass is 243 g/mol. The van der Waals surface area contributed by atoms with Crippen molar-refractivity contribution in [3.63, 3.8) is 0 Å². The van der Waals surface area contributed by atoms with E-state index >= 15 is 0 Å². The van der Waals surface area contributed by atoms with Crippen LogP contribution in [0.25, 0.3) is 0 Å². The molecule has 0 amide bonds. The summed E-state index contributed by atoms with van der Waals surface area (Å²) >= 11 is 0. The number of aliphatic hydroxyl groups is 1. The summed E-state index contributed by atoms with van der Waals surface area (Å²) in [5, 5.41) is 9.89. The Morgan fingerprint density at radius 1 is 1.18 bits per heavy atom. The molecule has 0 saturated carbocycles. The molecule has 0 saturated heterocycles. The summed E-state index contributed by atoms with van der Waals surface area (Å²) in [5.74, 6) is -1.38. The van der Waals surface area contributed by atoms with Gasteiger partial charge in [-0.3, -0.25) is 0 Å². The molecule has 0 fully saturated rings. The van der Waals surface area contributed by atoms with Crippen LogP contribution in [0.1, 0.15) is 38.9 Å². The van der Waals surface area contributed by atoms with E-state index in [1.54, 1.807) is 0 Å². The molecular weight excluding hydrogens is 224 g/mol. The van der Waals surface area contributed by atoms with Gasteiger partial charge in [-0.25, -0.2) is 8.78 Å². The lowest BCUT2D eigenvalue weighted by molar-refractivity contribution is 0.133. The van der Waals surface area contributed by atoms with Gasteiger partial charge in [-0.05, 0) is 29.5 Å². The quantitative estimate of drug-likeness (QED) is 0.857. The first kappa shape index (κ1) is 14.1. The Hall–Kier alpha value is -1.00. The Morgan fingerprint density at radius 3 is 2.06 bits per heavy atom. The fraction of sp³-hybridized carbons (Fsp3) is 0.538. The largest absolute Gasteiger partial charge is 0.388 e. The Labute approximate surface area is 100 Å². The predicted molar refractivity (Wildman–Crippen MR) is 63.4 cm³/mol. The highest BCUT2D eigenvalue weighted by molar-refractivity contribution is 5.20. The van der Waals surface area contributed by atoms with Crippen LogP contribution in [0.15, 0.2) is 18.2 Å². The van der Waals surface area contributed by atoms with Gasteiger partial charge < -0.3 is 10.8 Å². The van der Waals surface area contributed by atoms with E-state index in [9.17, 15) is 13.9 Å². The van der Waals surface area contributed by atoms with Crippen molar-refractivity contribution in [1.82, 2.24) is 0 Å². The molecular formula is C13H19F2NO. The smallest absolute Gasteiger partial charge is 0.126 e. The summed E-state index contributed by atoms with van der Waals surface area (Å²) in [6.45, 7) is 5.86. The molecule has 1 aromatic rings. The molecule has 0 aliphatic rings. The summed E-state index contributed by atoms with van der Waals surface area (Å²) in [6, 6.07) is 2.79. The maximum Gasteiger partial charge on any atom is 0.126 e. The summed E-state index contributed by atoms with van der Waals surface area (Å²) in [5.41, 5.74) is 5.98. The minimum atomic E-state index is -0.950. The summed E-state index contributed by atoms with van der Waals surface area (Å²) in [7, 11) is 0. The molecule has 0 aromatic heterocycles. The third kappa shape index (κ3) is 4.06. The van der Waals surface area contributed by atoms with E-state index in [1.165, 1.54) is 0 Å². The van der Waals surface area contributed by atoms with Gasteiger partial charge in [-0.15, -0.1) is 0 Å². The van der Waals surface area contributed by atoms with Gasteiger partial charge in [0.15, 0.2) is 0 Å². The molecule has 0 aliphatic carbocycles. The molecule has 2 atom stereocenters. The number of aliphatic hydroxyl groups excluding tert-OH is 1. The van der Waals surface area contributed by atoms with Gasteiger partial charge in [-0.2, -0.15) is 0 Å². The van der Waals surface area contributed by atoms with Gasteiger partial charge in [0, 0.05) is 12.1 Å². The minimum absolute atomic E-state index is 0.160. The first-order valence-electron chi connectivity index (χ1n) is 5.60. The SMILES string of the molecule is CC(C)(C)[C@@H](N)C[C@H](O)c1cc(F)cc(F)c1. The normalized spacial score (nSPS) is 15.7. The van der Waals surface area contributed by atoms with Crippen molar-refractivity contribution in [2.45, 2.75) is 39.3 Å². The van der Waals surface area contributed by atoms with Crippen molar-refractivity contribution in [3.8, 4) is 0 Å². The number of nitrogens with two attached hydrogens (primary N) is 1. The average molecular weight is 243 g/mol. The van der Waals surface area contributed by atoms with Crippen molar-refractivity contribution in [2.75, 3.05) is 0 Å². The van der Waals surface area contributed by atoms with Crippen LogP contribution in [0.5, 0.6) is 0 Å². The second kappa shape index (κ2) is 5.10. The van der Waals surface area contributed by atoms with Crippen molar-refractivity contribution in [1.29, 1.82) is 0 Å². The molecule has 1 aromatic carbocycles. The zero-order chi connectivity index (χ0) is 13.2. The Morgan fingerprint density at radius 2 is 1.65 bits per heavy atom. The lowest BCUT2D eigenvalue weighted by Crippen LogP contribution is -2.36. The molecule has 96 valence electrons. The Kier molecular flexibility index (Phi) is 4.22. The molecule has 0 heterocycles. The van der Waals surface area contributed by atoms with Gasteiger partial charge in [0.1, 0.15) is 11.6 Å². The zero-order valence-corrected chi connectivity index (χ0v) is 10.4. The second-order valence-corrected chi connectivity index (χ2v) is 5.43. The van der Waals surface area contributed by atoms with E-state index in [0.29, 0.717) is 0 Å². The van der Waals surface area contributed by atoms with Crippen LogP contribution in [0.2, 0.25) is 0 Å². The van der Waals surface area contributed by atoms with Crippen LogP contribution in [0.4, 0.5) is 8.78 Å². The van der Waals surface area contributed by atoms with E-state index < -0.39 is 17.7 Å². The lowest BCUT2D eigenvalue weighted by Gasteiger charge is -2.29. The van der Waals surface area contributed by atoms with Crippen molar-refractivity contribution in [3.05, 3.63) is 35.4 Å². The highest BCUT2D eigenvalue weighted by Gasteiger charge is 2.24. The molecule has 4 heteroatoms. The summed E-state index contributed by atoms with van der Waals surface area (Å²) < 4.78 is 26.0. The maximum absolute atomic E-state index is 13.0. The van der Waals surface area contributed by atoms with Crippen LogP contribution in [-0.2, 0) is 0 Å². The second-order valence-electron chi connectivity index (χ2n) is 5.43. The van der Waals surface area contributed by atoms with Crippen LogP contribution in [0, 0.1) is 17.0 Å². The Bertz CT molecular complexity index is 367. The van der Waals surface area contributed by atoms with Gasteiger partial charge in [-0.1, -0.05) is 20.8 Å². The van der Waals surface area contributed by atoms with Crippen LogP contribution >= 0.6 is 0 Å². The van der Waals surface area contributed by atoms with Gasteiger partial charge in [0.2, 0.25) is 0 Å². The third-order valence-corrected chi connectivity index (χ3v) is 2.86. The van der Waals surface area contributed by atoms with Gasteiger partial charge >= 0.3 is 0 Å². The fourth-order valence-electron chi connectivity index (χ4n) is 1.50. The minimum Gasteiger partial charge on any atom is -0.388 e. The van der Waals surface area contributed by atoms with Crippen LogP contribution in [0.3, 0.4) is 0 Å². The predicted octanol–water partition coefficient (Wildman–Crippen LogP) is 2.76. The highest BCUT2D eigenvalue weighted by atomic mass is 19.1. The van der Waals surface area contributed by atoms with E-state index in [1.807, 2.05) is 20.8 Å². The molecule has 1 rings (SSSR count). The van der Waals surface area contributed by atoms with Crippen molar-refractivity contribution in [2.24, 2.45) is 11.1 Å². The highest BCUT2D eigenvalue weighted by Crippen LogP contribution is 2.27. The molecule has 17 heavy (non-hydrogen) atoms. The van der Waals surface area contributed by atoms with Gasteiger partial charge in [0.25, 0.3) is 0 Å². The number of hydrogen-bond acceptors (Lipinski definition) is 2. The van der Waals surface area contributed by atoms with Gasteiger partial charge in [0.05, 0.1) is 6.10 Å². The van der Waals surface area contributed by atoms with Crippen molar-refractivity contribution >= 4 is 0 Å². The van der Waals surface area contributed by atoms with E-state index in [-0.39, 0.29) is 23.4 Å². The molecule has 0 bridgehead atoms. The number of halogens is 2. The molecule has 0 unspecified atom stereocenters. The standard InChI is InChI=1S/C13H19F2NO/c1-13(2,3)12(16)7-11(17)8-4-9(14)6-10(15)5-8/h4-6,11-12,17H,7,16H2,1-3H3/t11-,12-/m0/s1. The number of rotatable bonds is 3. The first-order chi connectivity index (χ1) is 7.70. The third-order valence-electron chi connectivity index (χ3n) is 2.86. The lowest BCUT2D eigenvalue weighted by atomic mass is 9.83. The zero-order valence-electron chi connectivity index (χ0n) is 10.4. The molecule has 0 spiro atoms. The Balaban J connectivity index is 2.79. The first-order valence-corrected chi connectivity index (χ1v) is 5.60. The topological polar surface area (TPSA) is 46.2 Å². The van der Waals surface area contributed by atoms with E-state index in [2.05, 4.69) is 0 Å². The summed E-state index contributed by atoms with van der Waals surface area (Å²) in [4.78, 5) is 0. The number of hydrogen-bond donors (Lipinski definition) is 2. The van der Waals surface area contributed by atoms with Crippen LogP contribution < -0.4 is 5.73 Å². The maximum atomic E-state index is 13.0. The number of benzene rings is 1. The molecule has 0 radical (unpaired) electrons. The molecule has 3 N–H and O–H groups in total. The molecule has 2 nitrogen and oxygen atoms in total. The van der Waals surface area contributed by atoms with Crippen molar-refractivity contribution < 1.29 is 13.9 Å². The van der Waals surface area contributed by atoms with Crippen LogP contribution in [-0.4, -0.2) is 11.1 Å². The fourth-order valence-corrected chi connectivity index (χ4v) is 1.50. The van der Waals surface area contributed by atoms with E-state index in [0.717, 1.165) is 18.2 Å².